The number of hydrogen-bond acceptors (Lipinski definition) is 2. The van der Waals surface area contributed by atoms with Gasteiger partial charge in [-0.05, 0) is 28.8 Å². The zero-order valence-electron chi connectivity index (χ0n) is 9.22. The first-order valence-electron chi connectivity index (χ1n) is 5.20. The summed E-state index contributed by atoms with van der Waals surface area (Å²) in [6.45, 7) is 6.20. The first-order chi connectivity index (χ1) is 6.89. The second-order valence-corrected chi connectivity index (χ2v) is 5.93. The smallest absolute Gasteiger partial charge is 0.265 e. The minimum Gasteiger partial charge on any atom is -0.309 e. The van der Waals surface area contributed by atoms with Crippen LogP contribution in [0, 0.1) is 0 Å². The van der Waals surface area contributed by atoms with Crippen LogP contribution >= 0.6 is 15.9 Å². The van der Waals surface area contributed by atoms with Crippen molar-refractivity contribution in [1.82, 2.24) is 9.97 Å². The molecule has 15 heavy (non-hydrogen) atoms. The van der Waals surface area contributed by atoms with Crippen LogP contribution in [0.15, 0.2) is 9.27 Å². The number of rotatable bonds is 1. The molecule has 4 heteroatoms. The molecule has 0 unspecified atom stereocenters. The number of nitrogens with zero attached hydrogens (tertiary/aromatic N) is 1. The van der Waals surface area contributed by atoms with E-state index in [2.05, 4.69) is 46.7 Å². The van der Waals surface area contributed by atoms with E-state index < -0.39 is 0 Å². The fourth-order valence-corrected chi connectivity index (χ4v) is 2.31. The molecule has 1 aromatic rings. The van der Waals surface area contributed by atoms with Crippen LogP contribution in [0.4, 0.5) is 0 Å². The molecule has 0 aromatic carbocycles. The summed E-state index contributed by atoms with van der Waals surface area (Å²) in [7, 11) is 0. The highest BCUT2D eigenvalue weighted by atomic mass is 79.9. The molecule has 3 nitrogen and oxygen atoms in total. The van der Waals surface area contributed by atoms with Gasteiger partial charge in [-0.3, -0.25) is 4.79 Å². The molecule has 0 saturated heterocycles. The van der Waals surface area contributed by atoms with E-state index in [9.17, 15) is 4.79 Å². The summed E-state index contributed by atoms with van der Waals surface area (Å²) in [5.41, 5.74) is 0.696. The van der Waals surface area contributed by atoms with E-state index in [1.54, 1.807) is 0 Å². The maximum atomic E-state index is 11.7. The Morgan fingerprint density at radius 3 is 2.47 bits per heavy atom. The van der Waals surface area contributed by atoms with Crippen LogP contribution in [0.25, 0.3) is 0 Å². The largest absolute Gasteiger partial charge is 0.309 e. The third kappa shape index (κ3) is 2.14. The van der Waals surface area contributed by atoms with Crippen LogP contribution in [0.3, 0.4) is 0 Å². The molecular formula is C11H15BrN2O. The van der Waals surface area contributed by atoms with Gasteiger partial charge in [0.15, 0.2) is 0 Å². The summed E-state index contributed by atoms with van der Waals surface area (Å²) in [4.78, 5) is 19.1. The van der Waals surface area contributed by atoms with Gasteiger partial charge in [-0.15, -0.1) is 0 Å². The molecule has 1 N–H and O–H groups in total. The Balaban J connectivity index is 2.57. The van der Waals surface area contributed by atoms with Gasteiger partial charge in [0.05, 0.1) is 5.69 Å². The van der Waals surface area contributed by atoms with Crippen molar-refractivity contribution in [2.75, 3.05) is 0 Å². The highest BCUT2D eigenvalue weighted by Gasteiger charge is 2.29. The number of aromatic amines is 1. The second kappa shape index (κ2) is 3.44. The van der Waals surface area contributed by atoms with E-state index in [0.29, 0.717) is 10.4 Å². The molecule has 82 valence electrons. The van der Waals surface area contributed by atoms with E-state index >= 15 is 0 Å². The van der Waals surface area contributed by atoms with Crippen molar-refractivity contribution < 1.29 is 0 Å². The van der Waals surface area contributed by atoms with Crippen LogP contribution in [-0.4, -0.2) is 9.97 Å². The molecule has 0 amide bonds. The summed E-state index contributed by atoms with van der Waals surface area (Å²) in [5.74, 6) is 1.33. The minimum atomic E-state index is -0.100. The molecule has 1 heterocycles. The third-order valence-corrected chi connectivity index (χ3v) is 3.29. The van der Waals surface area contributed by atoms with Gasteiger partial charge in [0.1, 0.15) is 10.3 Å². The van der Waals surface area contributed by atoms with Crippen molar-refractivity contribution in [3.8, 4) is 0 Å². The van der Waals surface area contributed by atoms with Gasteiger partial charge in [-0.25, -0.2) is 4.98 Å². The average Bonchev–Trinajstić information content (AvgIpc) is 2.90. The average molecular weight is 271 g/mol. The zero-order valence-corrected chi connectivity index (χ0v) is 10.8. The number of aromatic nitrogens is 2. The Labute approximate surface area is 97.4 Å². The van der Waals surface area contributed by atoms with Gasteiger partial charge in [-0.2, -0.15) is 0 Å². The maximum absolute atomic E-state index is 11.7. The van der Waals surface area contributed by atoms with Gasteiger partial charge in [0.25, 0.3) is 5.56 Å². The summed E-state index contributed by atoms with van der Waals surface area (Å²) >= 11 is 3.31. The number of nitrogens with one attached hydrogen (secondary N) is 1. The lowest BCUT2D eigenvalue weighted by molar-refractivity contribution is 0.556. The Kier molecular flexibility index (Phi) is 2.49. The zero-order chi connectivity index (χ0) is 11.2. The van der Waals surface area contributed by atoms with Crippen LogP contribution in [0.5, 0.6) is 0 Å². The molecule has 2 rings (SSSR count). The highest BCUT2D eigenvalue weighted by Crippen LogP contribution is 2.38. The summed E-state index contributed by atoms with van der Waals surface area (Å²) < 4.78 is 0.569. The Morgan fingerprint density at radius 1 is 1.40 bits per heavy atom. The van der Waals surface area contributed by atoms with E-state index in [-0.39, 0.29) is 11.0 Å². The molecule has 1 aliphatic carbocycles. The predicted molar refractivity (Wildman–Crippen MR) is 63.2 cm³/mol. The lowest BCUT2D eigenvalue weighted by Crippen LogP contribution is -2.23. The molecule has 0 spiro atoms. The molecule has 0 aliphatic heterocycles. The lowest BCUT2D eigenvalue weighted by Gasteiger charge is -2.19. The van der Waals surface area contributed by atoms with Gasteiger partial charge < -0.3 is 4.98 Å². The summed E-state index contributed by atoms with van der Waals surface area (Å²) in [5, 5.41) is 0. The number of hydrogen-bond donors (Lipinski definition) is 1. The van der Waals surface area contributed by atoms with Crippen LogP contribution < -0.4 is 5.56 Å². The molecular weight excluding hydrogens is 256 g/mol. The van der Waals surface area contributed by atoms with Crippen molar-refractivity contribution in [3.05, 3.63) is 26.3 Å². The Bertz CT molecular complexity index is 441. The second-order valence-electron chi connectivity index (χ2n) is 5.14. The normalized spacial score (nSPS) is 16.8. The number of H-pyrrole nitrogens is 1. The summed E-state index contributed by atoms with van der Waals surface area (Å²) in [6, 6.07) is 0. The Morgan fingerprint density at radius 2 is 2.00 bits per heavy atom. The molecule has 1 saturated carbocycles. The highest BCUT2D eigenvalue weighted by molar-refractivity contribution is 9.10. The quantitative estimate of drug-likeness (QED) is 0.853. The SMILES string of the molecule is CC(C)(C)c1nc(C2CC2)[nH]c(=O)c1Br. The molecule has 0 atom stereocenters. The lowest BCUT2D eigenvalue weighted by atomic mass is 9.92. The van der Waals surface area contributed by atoms with E-state index in [1.807, 2.05) is 0 Å². The summed E-state index contributed by atoms with van der Waals surface area (Å²) in [6.07, 6.45) is 2.29. The van der Waals surface area contributed by atoms with Crippen molar-refractivity contribution >= 4 is 15.9 Å². The van der Waals surface area contributed by atoms with Gasteiger partial charge in [-0.1, -0.05) is 20.8 Å². The molecule has 1 aliphatic rings. The topological polar surface area (TPSA) is 45.8 Å². The molecule has 0 radical (unpaired) electrons. The number of halogens is 1. The monoisotopic (exact) mass is 270 g/mol. The van der Waals surface area contributed by atoms with Crippen molar-refractivity contribution in [1.29, 1.82) is 0 Å². The third-order valence-electron chi connectivity index (χ3n) is 2.56. The molecule has 0 bridgehead atoms. The van der Waals surface area contributed by atoms with Crippen LogP contribution in [0.1, 0.15) is 51.0 Å². The van der Waals surface area contributed by atoms with Gasteiger partial charge in [0, 0.05) is 11.3 Å². The fourth-order valence-electron chi connectivity index (χ4n) is 1.52. The predicted octanol–water partition coefficient (Wildman–Crippen LogP) is 2.71. The van der Waals surface area contributed by atoms with Crippen LogP contribution in [0.2, 0.25) is 0 Å². The van der Waals surface area contributed by atoms with Crippen molar-refractivity contribution in [2.45, 2.75) is 44.9 Å². The minimum absolute atomic E-state index is 0.0585. The van der Waals surface area contributed by atoms with E-state index in [1.165, 1.54) is 0 Å². The van der Waals surface area contributed by atoms with Gasteiger partial charge >= 0.3 is 0 Å². The first-order valence-corrected chi connectivity index (χ1v) is 5.99. The van der Waals surface area contributed by atoms with E-state index in [0.717, 1.165) is 24.4 Å². The maximum Gasteiger partial charge on any atom is 0.265 e. The Hall–Kier alpha value is -0.640. The van der Waals surface area contributed by atoms with Crippen LogP contribution in [-0.2, 0) is 5.41 Å². The van der Waals surface area contributed by atoms with Gasteiger partial charge in [0.2, 0.25) is 0 Å². The molecule has 1 fully saturated rings. The molecule has 1 aromatic heterocycles. The van der Waals surface area contributed by atoms with E-state index in [4.69, 9.17) is 0 Å². The first kappa shape index (κ1) is 10.9. The van der Waals surface area contributed by atoms with Crippen molar-refractivity contribution in [3.63, 3.8) is 0 Å². The van der Waals surface area contributed by atoms with Crippen molar-refractivity contribution in [2.24, 2.45) is 0 Å². The fraction of sp³-hybridized carbons (Fsp3) is 0.636. The standard InChI is InChI=1S/C11H15BrN2O/c1-11(2,3)8-7(12)10(15)14-9(13-8)6-4-5-6/h6H,4-5H2,1-3H3,(H,13,14,15).